The summed E-state index contributed by atoms with van der Waals surface area (Å²) in [7, 11) is 1.89. The molecule has 1 aromatic heterocycles. The maximum absolute atomic E-state index is 12.2. The normalized spacial score (nSPS) is 10.5. The Morgan fingerprint density at radius 1 is 1.35 bits per heavy atom. The zero-order chi connectivity index (χ0) is 14.4. The van der Waals surface area contributed by atoms with Gasteiger partial charge in [-0.25, -0.2) is 0 Å². The van der Waals surface area contributed by atoms with Crippen molar-refractivity contribution in [3.8, 4) is 5.75 Å². The quantitative estimate of drug-likeness (QED) is 0.728. The minimum Gasteiger partial charge on any atom is -0.494 e. The molecule has 20 heavy (non-hydrogen) atoms. The lowest BCUT2D eigenvalue weighted by molar-refractivity contribution is 0.0982. The molecule has 4 heteroatoms. The van der Waals surface area contributed by atoms with E-state index in [1.54, 1.807) is 10.9 Å². The molecule has 1 heterocycles. The van der Waals surface area contributed by atoms with E-state index >= 15 is 0 Å². The molecule has 4 nitrogen and oxygen atoms in total. The number of aryl methyl sites for hydroxylation is 2. The van der Waals surface area contributed by atoms with E-state index < -0.39 is 0 Å². The third kappa shape index (κ3) is 3.70. The summed E-state index contributed by atoms with van der Waals surface area (Å²) in [6, 6.07) is 9.34. The third-order valence-electron chi connectivity index (χ3n) is 3.16. The van der Waals surface area contributed by atoms with Crippen LogP contribution in [0.2, 0.25) is 0 Å². The maximum atomic E-state index is 12.2. The molecule has 0 saturated heterocycles. The number of Topliss-reactive ketones (excluding diaryl/α,β-unsaturated/α-hetero) is 1. The number of carbonyl (C=O) groups excluding carboxylic acids is 1. The number of aromatic nitrogens is 2. The van der Waals surface area contributed by atoms with Gasteiger partial charge in [0, 0.05) is 30.9 Å². The van der Waals surface area contributed by atoms with Gasteiger partial charge in [-0.2, -0.15) is 5.10 Å². The molecule has 0 aliphatic heterocycles. The predicted octanol–water partition coefficient (Wildman–Crippen LogP) is 3.02. The molecule has 0 atom stereocenters. The summed E-state index contributed by atoms with van der Waals surface area (Å²) >= 11 is 0. The first-order valence-electron chi connectivity index (χ1n) is 6.93. The number of ether oxygens (including phenoxy) is 1. The van der Waals surface area contributed by atoms with E-state index in [0.717, 1.165) is 17.9 Å². The lowest BCUT2D eigenvalue weighted by atomic mass is 10.1. The molecule has 0 N–H and O–H groups in total. The van der Waals surface area contributed by atoms with E-state index in [2.05, 4.69) is 12.0 Å². The van der Waals surface area contributed by atoms with E-state index in [1.807, 2.05) is 37.4 Å². The van der Waals surface area contributed by atoms with Gasteiger partial charge in [0.25, 0.3) is 0 Å². The second kappa shape index (κ2) is 6.89. The van der Waals surface area contributed by atoms with Crippen molar-refractivity contribution in [1.29, 1.82) is 0 Å². The zero-order valence-electron chi connectivity index (χ0n) is 12.0. The first kappa shape index (κ1) is 14.3. The Morgan fingerprint density at radius 3 is 2.90 bits per heavy atom. The van der Waals surface area contributed by atoms with Crippen LogP contribution in [0.5, 0.6) is 5.75 Å². The highest BCUT2D eigenvalue weighted by Gasteiger charge is 2.08. The first-order valence-corrected chi connectivity index (χ1v) is 6.93. The van der Waals surface area contributed by atoms with E-state index in [9.17, 15) is 4.79 Å². The summed E-state index contributed by atoms with van der Waals surface area (Å²) in [5, 5.41) is 4.10. The molecule has 0 bridgehead atoms. The molecule has 1 aromatic carbocycles. The van der Waals surface area contributed by atoms with Crippen LogP contribution in [0.4, 0.5) is 0 Å². The fourth-order valence-electron chi connectivity index (χ4n) is 2.01. The second-order valence-corrected chi connectivity index (χ2v) is 4.75. The van der Waals surface area contributed by atoms with Gasteiger partial charge in [-0.3, -0.25) is 9.48 Å². The number of benzene rings is 1. The van der Waals surface area contributed by atoms with Gasteiger partial charge in [0.05, 0.1) is 6.61 Å². The Bertz CT molecular complexity index is 575. The van der Waals surface area contributed by atoms with Crippen molar-refractivity contribution in [2.75, 3.05) is 6.61 Å². The van der Waals surface area contributed by atoms with Crippen molar-refractivity contribution in [2.24, 2.45) is 7.05 Å². The van der Waals surface area contributed by atoms with E-state index in [4.69, 9.17) is 4.74 Å². The number of hydrogen-bond acceptors (Lipinski definition) is 3. The number of hydrogen-bond donors (Lipinski definition) is 0. The Labute approximate surface area is 119 Å². The standard InChI is InChI=1S/C16H20N2O2/c1-3-11-20-15-6-4-5-13(12-15)16(19)8-7-14-9-10-17-18(14)2/h4-6,9-10,12H,3,7-8,11H2,1-2H3. The van der Waals surface area contributed by atoms with Crippen molar-refractivity contribution in [3.05, 3.63) is 47.8 Å². The fourth-order valence-corrected chi connectivity index (χ4v) is 2.01. The minimum atomic E-state index is 0.133. The smallest absolute Gasteiger partial charge is 0.163 e. The van der Waals surface area contributed by atoms with Gasteiger partial charge in [0.15, 0.2) is 5.78 Å². The Kier molecular flexibility index (Phi) is 4.93. The van der Waals surface area contributed by atoms with Crippen molar-refractivity contribution in [2.45, 2.75) is 26.2 Å². The topological polar surface area (TPSA) is 44.1 Å². The second-order valence-electron chi connectivity index (χ2n) is 4.75. The molecular weight excluding hydrogens is 252 g/mol. The molecule has 2 aromatic rings. The lowest BCUT2D eigenvalue weighted by Gasteiger charge is -2.06. The summed E-state index contributed by atoms with van der Waals surface area (Å²) in [5.41, 5.74) is 1.78. The molecule has 0 aliphatic carbocycles. The van der Waals surface area contributed by atoms with E-state index in [0.29, 0.717) is 25.0 Å². The van der Waals surface area contributed by atoms with Crippen LogP contribution >= 0.6 is 0 Å². The van der Waals surface area contributed by atoms with Crippen molar-refractivity contribution < 1.29 is 9.53 Å². The summed E-state index contributed by atoms with van der Waals surface area (Å²) in [6.07, 6.45) is 3.89. The van der Waals surface area contributed by atoms with Crippen molar-refractivity contribution in [3.63, 3.8) is 0 Å². The van der Waals surface area contributed by atoms with Gasteiger partial charge >= 0.3 is 0 Å². The van der Waals surface area contributed by atoms with Crippen LogP contribution in [0.3, 0.4) is 0 Å². The number of carbonyl (C=O) groups is 1. The third-order valence-corrected chi connectivity index (χ3v) is 3.16. The largest absolute Gasteiger partial charge is 0.494 e. The van der Waals surface area contributed by atoms with E-state index in [1.165, 1.54) is 0 Å². The molecule has 2 rings (SSSR count). The monoisotopic (exact) mass is 272 g/mol. The molecule has 106 valence electrons. The number of ketones is 1. The molecule has 0 saturated carbocycles. The summed E-state index contributed by atoms with van der Waals surface area (Å²) < 4.78 is 7.35. The highest BCUT2D eigenvalue weighted by atomic mass is 16.5. The minimum absolute atomic E-state index is 0.133. The van der Waals surface area contributed by atoms with Gasteiger partial charge in [0.2, 0.25) is 0 Å². The van der Waals surface area contributed by atoms with Gasteiger partial charge < -0.3 is 4.74 Å². The maximum Gasteiger partial charge on any atom is 0.163 e. The van der Waals surface area contributed by atoms with Crippen LogP contribution in [0.1, 0.15) is 35.8 Å². The number of nitrogens with zero attached hydrogens (tertiary/aromatic N) is 2. The summed E-state index contributed by atoms with van der Waals surface area (Å²) in [4.78, 5) is 12.2. The van der Waals surface area contributed by atoms with Crippen LogP contribution in [-0.4, -0.2) is 22.2 Å². The Balaban J connectivity index is 1.96. The Morgan fingerprint density at radius 2 is 2.20 bits per heavy atom. The average molecular weight is 272 g/mol. The lowest BCUT2D eigenvalue weighted by Crippen LogP contribution is -2.05. The Hall–Kier alpha value is -2.10. The highest BCUT2D eigenvalue weighted by Crippen LogP contribution is 2.16. The molecule has 0 spiro atoms. The zero-order valence-corrected chi connectivity index (χ0v) is 12.0. The van der Waals surface area contributed by atoms with Crippen LogP contribution in [0, 0.1) is 0 Å². The molecule has 0 fully saturated rings. The SMILES string of the molecule is CCCOc1cccc(C(=O)CCc2ccnn2C)c1. The van der Waals surface area contributed by atoms with Crippen LogP contribution in [0.25, 0.3) is 0 Å². The molecule has 0 aliphatic rings. The molecule has 0 radical (unpaired) electrons. The highest BCUT2D eigenvalue weighted by molar-refractivity contribution is 5.96. The van der Waals surface area contributed by atoms with E-state index in [-0.39, 0.29) is 5.78 Å². The number of rotatable bonds is 7. The molecular formula is C16H20N2O2. The summed E-state index contributed by atoms with van der Waals surface area (Å²) in [6.45, 7) is 2.73. The van der Waals surface area contributed by atoms with Gasteiger partial charge in [-0.1, -0.05) is 19.1 Å². The summed E-state index contributed by atoms with van der Waals surface area (Å²) in [5.74, 6) is 0.895. The predicted molar refractivity (Wildman–Crippen MR) is 78.1 cm³/mol. The van der Waals surface area contributed by atoms with Crippen molar-refractivity contribution in [1.82, 2.24) is 9.78 Å². The molecule has 0 unspecified atom stereocenters. The van der Waals surface area contributed by atoms with Crippen LogP contribution in [-0.2, 0) is 13.5 Å². The van der Waals surface area contributed by atoms with Crippen LogP contribution < -0.4 is 4.74 Å². The van der Waals surface area contributed by atoms with Crippen molar-refractivity contribution >= 4 is 5.78 Å². The average Bonchev–Trinajstić information content (AvgIpc) is 2.88. The van der Waals surface area contributed by atoms with Gasteiger partial charge in [-0.15, -0.1) is 0 Å². The molecule has 0 amide bonds. The van der Waals surface area contributed by atoms with Gasteiger partial charge in [0.1, 0.15) is 5.75 Å². The van der Waals surface area contributed by atoms with Gasteiger partial charge in [-0.05, 0) is 31.0 Å². The first-order chi connectivity index (χ1) is 9.70. The van der Waals surface area contributed by atoms with Crippen LogP contribution in [0.15, 0.2) is 36.5 Å². The fraction of sp³-hybridized carbons (Fsp3) is 0.375.